The predicted octanol–water partition coefficient (Wildman–Crippen LogP) is 4.35. The van der Waals surface area contributed by atoms with Gasteiger partial charge in [0.25, 0.3) is 0 Å². The zero-order valence-electron chi connectivity index (χ0n) is 18.8. The van der Waals surface area contributed by atoms with Crippen LogP contribution in [0.15, 0.2) is 54.9 Å². The lowest BCUT2D eigenvalue weighted by Gasteiger charge is -2.13. The number of aromatic carboxylic acids is 1. The van der Waals surface area contributed by atoms with Crippen LogP contribution in [0, 0.1) is 6.92 Å². The number of hydrogen-bond donors (Lipinski definition) is 4. The van der Waals surface area contributed by atoms with Crippen molar-refractivity contribution in [3.8, 4) is 5.75 Å². The number of carboxylic acid groups (broad SMARTS) is 1. The van der Waals surface area contributed by atoms with Crippen LogP contribution >= 0.6 is 11.3 Å². The number of thiazole rings is 1. The number of para-hydroxylation sites is 1. The number of carbonyl (C=O) groups excluding carboxylic acids is 2. The van der Waals surface area contributed by atoms with E-state index in [0.29, 0.717) is 39.9 Å². The fraction of sp³-hybridized carbons (Fsp3) is 0.125. The monoisotopic (exact) mass is 491 g/mol. The van der Waals surface area contributed by atoms with Crippen molar-refractivity contribution in [1.82, 2.24) is 15.0 Å². The molecule has 2 amide bonds. The number of H-pyrrole nitrogens is 1. The average Bonchev–Trinajstić information content (AvgIpc) is 3.49. The van der Waals surface area contributed by atoms with Crippen LogP contribution < -0.4 is 15.4 Å². The summed E-state index contributed by atoms with van der Waals surface area (Å²) in [5.74, 6) is -0.457. The summed E-state index contributed by atoms with van der Waals surface area (Å²) in [4.78, 5) is 48.6. The van der Waals surface area contributed by atoms with Crippen LogP contribution in [0.5, 0.6) is 5.75 Å². The second kappa shape index (κ2) is 10.2. The van der Waals surface area contributed by atoms with Crippen LogP contribution in [0.4, 0.5) is 15.6 Å². The maximum absolute atomic E-state index is 13.3. The molecule has 2 heterocycles. The molecule has 4 aromatic rings. The van der Waals surface area contributed by atoms with Gasteiger partial charge in [-0.3, -0.25) is 10.1 Å². The number of carboxylic acids is 1. The molecule has 0 spiro atoms. The summed E-state index contributed by atoms with van der Waals surface area (Å²) in [5, 5.41) is 14.7. The van der Waals surface area contributed by atoms with Gasteiger partial charge in [-0.2, -0.15) is 0 Å². The van der Waals surface area contributed by atoms with Crippen molar-refractivity contribution in [3.63, 3.8) is 0 Å². The normalized spacial score (nSPS) is 10.6. The van der Waals surface area contributed by atoms with Crippen LogP contribution in [0.3, 0.4) is 0 Å². The summed E-state index contributed by atoms with van der Waals surface area (Å²) in [5.41, 5.74) is 1.92. The minimum Gasteiger partial charge on any atom is -0.496 e. The van der Waals surface area contributed by atoms with Crippen LogP contribution in [0.2, 0.25) is 0 Å². The van der Waals surface area contributed by atoms with E-state index in [4.69, 9.17) is 9.84 Å². The van der Waals surface area contributed by atoms with Crippen molar-refractivity contribution in [1.29, 1.82) is 0 Å². The van der Waals surface area contributed by atoms with Crippen LogP contribution in [0.25, 0.3) is 0 Å². The fourth-order valence-corrected chi connectivity index (χ4v) is 4.17. The van der Waals surface area contributed by atoms with Gasteiger partial charge in [0.05, 0.1) is 24.6 Å². The SMILES string of the molecule is COc1ccccc1C(=O)c1cc(C)ccc1NC(=O)Nc1ncc(Cc2ncc(C(=O)O)[nH]2)s1. The molecule has 0 aliphatic carbocycles. The highest BCUT2D eigenvalue weighted by Gasteiger charge is 2.19. The number of ether oxygens (including phenoxy) is 1. The largest absolute Gasteiger partial charge is 0.496 e. The highest BCUT2D eigenvalue weighted by molar-refractivity contribution is 7.15. The van der Waals surface area contributed by atoms with Gasteiger partial charge in [-0.25, -0.2) is 19.6 Å². The number of carbonyl (C=O) groups is 3. The van der Waals surface area contributed by atoms with Crippen molar-refractivity contribution in [2.45, 2.75) is 13.3 Å². The molecule has 4 rings (SSSR count). The maximum atomic E-state index is 13.3. The van der Waals surface area contributed by atoms with Crippen LogP contribution in [-0.2, 0) is 6.42 Å². The second-order valence-corrected chi connectivity index (χ2v) is 8.63. The van der Waals surface area contributed by atoms with E-state index in [1.54, 1.807) is 48.7 Å². The zero-order chi connectivity index (χ0) is 24.9. The molecule has 0 aliphatic heterocycles. The third kappa shape index (κ3) is 5.53. The number of aromatic amines is 1. The lowest BCUT2D eigenvalue weighted by molar-refractivity contribution is 0.0690. The Labute approximate surface area is 204 Å². The molecule has 0 atom stereocenters. The van der Waals surface area contributed by atoms with Gasteiger partial charge in [0.15, 0.2) is 10.9 Å². The Kier molecular flexibility index (Phi) is 6.88. The van der Waals surface area contributed by atoms with Crippen molar-refractivity contribution < 1.29 is 24.2 Å². The van der Waals surface area contributed by atoms with E-state index in [0.717, 1.165) is 10.4 Å². The van der Waals surface area contributed by atoms with Crippen molar-refractivity contribution in [2.75, 3.05) is 17.7 Å². The highest BCUT2D eigenvalue weighted by atomic mass is 32.1. The van der Waals surface area contributed by atoms with Crippen molar-refractivity contribution in [3.05, 3.63) is 87.9 Å². The van der Waals surface area contributed by atoms with E-state index < -0.39 is 12.0 Å². The number of urea groups is 1. The number of hydrogen-bond acceptors (Lipinski definition) is 7. The molecule has 0 saturated carbocycles. The molecule has 178 valence electrons. The summed E-state index contributed by atoms with van der Waals surface area (Å²) >= 11 is 1.23. The van der Waals surface area contributed by atoms with Crippen molar-refractivity contribution in [2.24, 2.45) is 0 Å². The molecule has 2 aromatic carbocycles. The molecule has 35 heavy (non-hydrogen) atoms. The van der Waals surface area contributed by atoms with Gasteiger partial charge in [0.1, 0.15) is 17.3 Å². The number of benzene rings is 2. The first-order valence-electron chi connectivity index (χ1n) is 10.4. The summed E-state index contributed by atoms with van der Waals surface area (Å²) < 4.78 is 5.31. The van der Waals surface area contributed by atoms with E-state index in [-0.39, 0.29) is 11.5 Å². The molecule has 0 unspecified atom stereocenters. The van der Waals surface area contributed by atoms with Gasteiger partial charge < -0.3 is 20.1 Å². The smallest absolute Gasteiger partial charge is 0.353 e. The van der Waals surface area contributed by atoms with E-state index in [1.165, 1.54) is 24.6 Å². The van der Waals surface area contributed by atoms with Gasteiger partial charge in [0.2, 0.25) is 0 Å². The quantitative estimate of drug-likeness (QED) is 0.268. The molecule has 0 bridgehead atoms. The molecule has 4 N–H and O–H groups in total. The predicted molar refractivity (Wildman–Crippen MR) is 131 cm³/mol. The molecule has 10 nitrogen and oxygen atoms in total. The fourth-order valence-electron chi connectivity index (χ4n) is 3.36. The summed E-state index contributed by atoms with van der Waals surface area (Å²) in [6.45, 7) is 1.86. The number of nitrogens with zero attached hydrogens (tertiary/aromatic N) is 2. The van der Waals surface area contributed by atoms with Gasteiger partial charge in [-0.15, -0.1) is 11.3 Å². The number of ketones is 1. The second-order valence-electron chi connectivity index (χ2n) is 7.51. The Balaban J connectivity index is 1.47. The maximum Gasteiger partial charge on any atom is 0.353 e. The lowest BCUT2D eigenvalue weighted by Crippen LogP contribution is -2.21. The van der Waals surface area contributed by atoms with E-state index in [9.17, 15) is 14.4 Å². The van der Waals surface area contributed by atoms with Gasteiger partial charge in [0, 0.05) is 23.1 Å². The number of aryl methyl sites for hydroxylation is 1. The number of imidazole rings is 1. The highest BCUT2D eigenvalue weighted by Crippen LogP contribution is 2.27. The zero-order valence-corrected chi connectivity index (χ0v) is 19.6. The number of anilines is 2. The minimum absolute atomic E-state index is 0.00110. The number of nitrogens with one attached hydrogen (secondary N) is 3. The first-order chi connectivity index (χ1) is 16.8. The number of amides is 2. The summed E-state index contributed by atoms with van der Waals surface area (Å²) in [6.07, 6.45) is 3.16. The molecular weight excluding hydrogens is 470 g/mol. The Morgan fingerprint density at radius 1 is 1.06 bits per heavy atom. The lowest BCUT2D eigenvalue weighted by atomic mass is 9.99. The molecule has 0 fully saturated rings. The Hall–Kier alpha value is -4.51. The first-order valence-corrected chi connectivity index (χ1v) is 11.2. The summed E-state index contributed by atoms with van der Waals surface area (Å²) in [6, 6.07) is 11.5. The van der Waals surface area contributed by atoms with Crippen molar-refractivity contribution >= 4 is 39.9 Å². The average molecular weight is 492 g/mol. The Bertz CT molecular complexity index is 1410. The molecule has 0 aliphatic rings. The van der Waals surface area contributed by atoms with Gasteiger partial charge in [-0.05, 0) is 31.2 Å². The van der Waals surface area contributed by atoms with E-state index >= 15 is 0 Å². The third-order valence-electron chi connectivity index (χ3n) is 4.99. The first kappa shape index (κ1) is 23.6. The van der Waals surface area contributed by atoms with Gasteiger partial charge in [-0.1, -0.05) is 23.8 Å². The molecule has 2 aromatic heterocycles. The Morgan fingerprint density at radius 3 is 2.60 bits per heavy atom. The van der Waals surface area contributed by atoms with Crippen LogP contribution in [-0.4, -0.2) is 45.0 Å². The number of rotatable bonds is 8. The molecule has 11 heteroatoms. The third-order valence-corrected chi connectivity index (χ3v) is 5.91. The number of methoxy groups -OCH3 is 1. The number of aromatic nitrogens is 3. The standard InChI is InChI=1S/C24H21N5O5S/c1-13-7-8-17(16(9-13)21(30)15-5-3-4-6-19(15)34-2)28-23(33)29-24-26-11-14(35-24)10-20-25-12-18(27-20)22(31)32/h3-9,11-12H,10H2,1-2H3,(H,25,27)(H,31,32)(H2,26,28,29,33). The molecular formula is C24H21N5O5S. The summed E-state index contributed by atoms with van der Waals surface area (Å²) in [7, 11) is 1.49. The van der Waals surface area contributed by atoms with Crippen LogP contribution in [0.1, 0.15) is 42.7 Å². The van der Waals surface area contributed by atoms with E-state index in [2.05, 4.69) is 25.6 Å². The Morgan fingerprint density at radius 2 is 1.86 bits per heavy atom. The minimum atomic E-state index is -1.09. The molecule has 0 radical (unpaired) electrons. The molecule has 0 saturated heterocycles. The topological polar surface area (TPSA) is 146 Å². The van der Waals surface area contributed by atoms with E-state index in [1.807, 2.05) is 6.92 Å². The van der Waals surface area contributed by atoms with Gasteiger partial charge >= 0.3 is 12.0 Å².